The van der Waals surface area contributed by atoms with Crippen molar-refractivity contribution in [2.75, 3.05) is 0 Å². The highest BCUT2D eigenvalue weighted by Gasteiger charge is 2.40. The minimum absolute atomic E-state index is 0.181. The summed E-state index contributed by atoms with van der Waals surface area (Å²) in [4.78, 5) is 51.7. The Balaban J connectivity index is 3.18. The van der Waals surface area contributed by atoms with E-state index in [9.17, 15) is 19.2 Å². The van der Waals surface area contributed by atoms with Crippen molar-refractivity contribution in [3.63, 3.8) is 0 Å². The first-order valence-corrected chi connectivity index (χ1v) is 15.9. The van der Waals surface area contributed by atoms with Crippen molar-refractivity contribution in [2.45, 2.75) is 162 Å². The van der Waals surface area contributed by atoms with Crippen molar-refractivity contribution >= 4 is 24.0 Å². The molecule has 0 saturated heterocycles. The highest BCUT2D eigenvalue weighted by atomic mass is 16.2. The molecule has 0 aromatic heterocycles. The fourth-order valence-electron chi connectivity index (χ4n) is 5.93. The molecule has 1 aliphatic rings. The van der Waals surface area contributed by atoms with Crippen molar-refractivity contribution in [2.24, 2.45) is 17.3 Å². The van der Waals surface area contributed by atoms with Crippen LogP contribution in [0.4, 0.5) is 0 Å². The van der Waals surface area contributed by atoms with E-state index in [-0.39, 0.29) is 35.6 Å². The van der Waals surface area contributed by atoms with E-state index in [1.165, 1.54) is 39.0 Å². The largest absolute Gasteiger partial charge is 0.351 e. The molecule has 7 nitrogen and oxygen atoms in total. The van der Waals surface area contributed by atoms with Gasteiger partial charge >= 0.3 is 0 Å². The lowest BCUT2D eigenvalue weighted by Gasteiger charge is -2.38. The van der Waals surface area contributed by atoms with Crippen molar-refractivity contribution in [1.82, 2.24) is 16.0 Å². The van der Waals surface area contributed by atoms with Gasteiger partial charge in [-0.2, -0.15) is 0 Å². The van der Waals surface area contributed by atoms with Crippen molar-refractivity contribution in [3.05, 3.63) is 0 Å². The number of hydrogen-bond acceptors (Lipinski definition) is 4. The maximum absolute atomic E-state index is 13.8. The molecule has 0 aromatic carbocycles. The molecule has 1 fully saturated rings. The van der Waals surface area contributed by atoms with Gasteiger partial charge in [-0.1, -0.05) is 105 Å². The summed E-state index contributed by atoms with van der Waals surface area (Å²) in [5, 5.41) is 8.99. The van der Waals surface area contributed by atoms with Gasteiger partial charge in [0.1, 0.15) is 18.4 Å². The Morgan fingerprint density at radius 1 is 0.718 bits per heavy atom. The zero-order valence-corrected chi connectivity index (χ0v) is 25.9. The van der Waals surface area contributed by atoms with Gasteiger partial charge in [0.15, 0.2) is 0 Å². The number of rotatable bonds is 14. The summed E-state index contributed by atoms with van der Waals surface area (Å²) in [6.45, 7) is 11.6. The van der Waals surface area contributed by atoms with Crippen LogP contribution in [-0.2, 0) is 19.2 Å². The first-order valence-electron chi connectivity index (χ1n) is 15.9. The summed E-state index contributed by atoms with van der Waals surface area (Å²) in [6.07, 6.45) is 16.9. The van der Waals surface area contributed by atoms with E-state index in [2.05, 4.69) is 22.9 Å². The molecule has 0 heterocycles. The normalized spacial score (nSPS) is 19.2. The number of carbonyl (C=O) groups excluding carboxylic acids is 4. The highest BCUT2D eigenvalue weighted by Crippen LogP contribution is 2.36. The zero-order chi connectivity index (χ0) is 29.3. The van der Waals surface area contributed by atoms with Gasteiger partial charge in [-0.3, -0.25) is 14.4 Å². The standard InChI is InChI=1S/C32H59N3O4/c1-7-8-18-29(32(23-36)19-16-14-12-10-9-11-13-15-17-20-32)35-31(39)28(22-25(4)5)34-30(38)27(21-24(2)3)33-26(6)37/h23-25,27-29H,7-22H2,1-6H3,(H,33,37)(H,34,38)(H,35,39)/t27-,28-,29-/m0/s1. The third-order valence-electron chi connectivity index (χ3n) is 8.12. The maximum atomic E-state index is 13.8. The molecule has 0 aromatic rings. The monoisotopic (exact) mass is 549 g/mol. The minimum atomic E-state index is -0.722. The van der Waals surface area contributed by atoms with Crippen LogP contribution in [0.5, 0.6) is 0 Å². The predicted octanol–water partition coefficient (Wildman–Crippen LogP) is 6.23. The van der Waals surface area contributed by atoms with Gasteiger partial charge in [0.25, 0.3) is 0 Å². The zero-order valence-electron chi connectivity index (χ0n) is 25.9. The van der Waals surface area contributed by atoms with E-state index in [1.54, 1.807) is 0 Å². The number of aldehydes is 1. The number of hydrogen-bond donors (Lipinski definition) is 3. The third kappa shape index (κ3) is 13.8. The molecule has 1 rings (SSSR count). The first-order chi connectivity index (χ1) is 18.5. The summed E-state index contributed by atoms with van der Waals surface area (Å²) >= 11 is 0. The molecule has 1 saturated carbocycles. The van der Waals surface area contributed by atoms with Crippen LogP contribution in [0.25, 0.3) is 0 Å². The SMILES string of the molecule is CCCC[C@H](NC(=O)[C@H](CC(C)C)NC(=O)[C@H](CC(C)C)NC(C)=O)C1(C=O)CCCCCCCCCCC1. The summed E-state index contributed by atoms with van der Waals surface area (Å²) in [7, 11) is 0. The van der Waals surface area contributed by atoms with Crippen LogP contribution < -0.4 is 16.0 Å². The fourth-order valence-corrected chi connectivity index (χ4v) is 5.93. The Morgan fingerprint density at radius 3 is 1.56 bits per heavy atom. The Kier molecular flexibility index (Phi) is 17.3. The van der Waals surface area contributed by atoms with Crippen LogP contribution in [0, 0.1) is 17.3 Å². The quantitative estimate of drug-likeness (QED) is 0.223. The Labute approximate surface area is 238 Å². The Hall–Kier alpha value is -1.92. The second-order valence-corrected chi connectivity index (χ2v) is 12.8. The minimum Gasteiger partial charge on any atom is -0.351 e. The molecule has 3 N–H and O–H groups in total. The molecular weight excluding hydrogens is 490 g/mol. The van der Waals surface area contributed by atoms with E-state index >= 15 is 0 Å². The predicted molar refractivity (Wildman–Crippen MR) is 159 cm³/mol. The van der Waals surface area contributed by atoms with Gasteiger partial charge in [0, 0.05) is 18.4 Å². The van der Waals surface area contributed by atoms with Crippen LogP contribution >= 0.6 is 0 Å². The molecule has 39 heavy (non-hydrogen) atoms. The third-order valence-corrected chi connectivity index (χ3v) is 8.12. The molecule has 3 amide bonds. The van der Waals surface area contributed by atoms with E-state index < -0.39 is 17.5 Å². The van der Waals surface area contributed by atoms with Gasteiger partial charge < -0.3 is 20.7 Å². The van der Waals surface area contributed by atoms with Crippen LogP contribution in [-0.4, -0.2) is 42.1 Å². The van der Waals surface area contributed by atoms with Gasteiger partial charge in [-0.15, -0.1) is 0 Å². The molecule has 7 heteroatoms. The lowest BCUT2D eigenvalue weighted by atomic mass is 9.71. The van der Waals surface area contributed by atoms with Crippen LogP contribution in [0.3, 0.4) is 0 Å². The van der Waals surface area contributed by atoms with Crippen molar-refractivity contribution in [3.8, 4) is 0 Å². The summed E-state index contributed by atoms with van der Waals surface area (Å²) in [6, 6.07) is -1.66. The smallest absolute Gasteiger partial charge is 0.243 e. The molecule has 226 valence electrons. The van der Waals surface area contributed by atoms with Crippen LogP contribution in [0.2, 0.25) is 0 Å². The first kappa shape index (κ1) is 35.1. The second kappa shape index (κ2) is 19.2. The molecule has 0 radical (unpaired) electrons. The number of nitrogens with one attached hydrogen (secondary N) is 3. The lowest BCUT2D eigenvalue weighted by Crippen LogP contribution is -2.57. The molecule has 1 aliphatic carbocycles. The van der Waals surface area contributed by atoms with E-state index in [1.807, 2.05) is 27.7 Å². The summed E-state index contributed by atoms with van der Waals surface area (Å²) in [5.74, 6) is -0.439. The van der Waals surface area contributed by atoms with E-state index in [4.69, 9.17) is 0 Å². The lowest BCUT2D eigenvalue weighted by molar-refractivity contribution is -0.133. The molecule has 0 bridgehead atoms. The summed E-state index contributed by atoms with van der Waals surface area (Å²) < 4.78 is 0. The molecular formula is C32H59N3O4. The van der Waals surface area contributed by atoms with E-state index in [0.29, 0.717) is 12.8 Å². The van der Waals surface area contributed by atoms with Crippen molar-refractivity contribution in [1.29, 1.82) is 0 Å². The molecule has 3 atom stereocenters. The van der Waals surface area contributed by atoms with E-state index in [0.717, 1.165) is 64.1 Å². The average Bonchev–Trinajstić information content (AvgIpc) is 2.85. The van der Waals surface area contributed by atoms with Crippen molar-refractivity contribution < 1.29 is 19.2 Å². The topological polar surface area (TPSA) is 104 Å². The number of amides is 3. The molecule has 0 spiro atoms. The van der Waals surface area contributed by atoms with Crippen LogP contribution in [0.1, 0.15) is 144 Å². The molecule has 0 unspecified atom stereocenters. The Morgan fingerprint density at radius 2 is 1.15 bits per heavy atom. The average molecular weight is 550 g/mol. The maximum Gasteiger partial charge on any atom is 0.243 e. The fraction of sp³-hybridized carbons (Fsp3) is 0.875. The van der Waals surface area contributed by atoms with Gasteiger partial charge in [0.05, 0.1) is 0 Å². The molecule has 0 aliphatic heterocycles. The van der Waals surface area contributed by atoms with Crippen LogP contribution in [0.15, 0.2) is 0 Å². The number of unbranched alkanes of at least 4 members (excludes halogenated alkanes) is 1. The summed E-state index contributed by atoms with van der Waals surface area (Å²) in [5.41, 5.74) is -0.577. The van der Waals surface area contributed by atoms with Gasteiger partial charge in [-0.25, -0.2) is 0 Å². The Bertz CT molecular complexity index is 725. The number of carbonyl (C=O) groups is 4. The second-order valence-electron chi connectivity index (χ2n) is 12.8. The highest BCUT2D eigenvalue weighted by molar-refractivity contribution is 5.92. The van der Waals surface area contributed by atoms with Gasteiger partial charge in [0.2, 0.25) is 17.7 Å². The van der Waals surface area contributed by atoms with Gasteiger partial charge in [-0.05, 0) is 43.9 Å².